The molecule has 0 unspecified atom stereocenters. The van der Waals surface area contributed by atoms with E-state index in [1.54, 1.807) is 18.8 Å². The molecule has 0 aliphatic heterocycles. The van der Waals surface area contributed by atoms with Crippen molar-refractivity contribution in [2.24, 2.45) is 4.99 Å². The predicted octanol–water partition coefficient (Wildman–Crippen LogP) is 4.93. The zero-order valence-corrected chi connectivity index (χ0v) is 17.2. The zero-order valence-electron chi connectivity index (χ0n) is 16.3. The number of amidine groups is 1. The number of aliphatic imine (C=N–C) groups is 1. The normalized spacial score (nSPS) is 12.0. The molecule has 0 aliphatic carbocycles. The molecule has 0 saturated heterocycles. The van der Waals surface area contributed by atoms with Crippen molar-refractivity contribution >= 4 is 16.9 Å². The van der Waals surface area contributed by atoms with Crippen molar-refractivity contribution in [3.05, 3.63) is 108 Å². The van der Waals surface area contributed by atoms with Gasteiger partial charge in [-0.3, -0.25) is 4.99 Å². The number of hydrogen-bond acceptors (Lipinski definition) is 3. The van der Waals surface area contributed by atoms with Crippen LogP contribution in [0.1, 0.15) is 16.7 Å². The van der Waals surface area contributed by atoms with E-state index in [9.17, 15) is 0 Å². The molecule has 3 aromatic rings. The Morgan fingerprint density at radius 2 is 1.25 bits per heavy atom. The molecule has 0 heterocycles. The second-order valence-electron chi connectivity index (χ2n) is 6.29. The topological polar surface area (TPSA) is 33.6 Å². The number of hydrogen-bond donors (Lipinski definition) is 1. The molecular weight excluding hydrogens is 364 g/mol. The van der Waals surface area contributed by atoms with Crippen LogP contribution in [0.5, 0.6) is 0 Å². The number of nitrogens with one attached hydrogen (secondary N) is 1. The minimum absolute atomic E-state index is 0.540. The Kier molecular flexibility index (Phi) is 7.29. The Bertz CT molecular complexity index is 770. The van der Waals surface area contributed by atoms with E-state index < -0.39 is 5.60 Å². The molecule has 144 valence electrons. The standard InChI is InChI=1S/C24H26N2OS/c1-25-23(28-2)26-18-19-27-24(20-12-6-3-7-13-20,21-14-8-4-9-15-21)22-16-10-5-11-17-22/h3-17H,18-19H2,1-2H3,(H,25,26). The van der Waals surface area contributed by atoms with Gasteiger partial charge in [0.15, 0.2) is 5.17 Å². The summed E-state index contributed by atoms with van der Waals surface area (Å²) in [5, 5.41) is 4.24. The Morgan fingerprint density at radius 1 is 0.821 bits per heavy atom. The summed E-state index contributed by atoms with van der Waals surface area (Å²) >= 11 is 1.60. The molecule has 1 N–H and O–H groups in total. The molecule has 0 radical (unpaired) electrons. The Morgan fingerprint density at radius 3 is 1.61 bits per heavy atom. The Balaban J connectivity index is 2.01. The second kappa shape index (κ2) is 10.1. The van der Waals surface area contributed by atoms with Crippen molar-refractivity contribution in [2.75, 3.05) is 26.5 Å². The minimum Gasteiger partial charge on any atom is -0.363 e. The van der Waals surface area contributed by atoms with Crippen molar-refractivity contribution < 1.29 is 4.74 Å². The van der Waals surface area contributed by atoms with E-state index in [0.717, 1.165) is 21.9 Å². The minimum atomic E-state index is -0.672. The van der Waals surface area contributed by atoms with Crippen molar-refractivity contribution in [3.63, 3.8) is 0 Å². The number of ether oxygens (including phenoxy) is 1. The van der Waals surface area contributed by atoms with Gasteiger partial charge in [-0.05, 0) is 22.9 Å². The molecule has 0 spiro atoms. The molecule has 0 saturated carbocycles. The molecule has 0 bridgehead atoms. The van der Waals surface area contributed by atoms with E-state index in [4.69, 9.17) is 4.74 Å². The first-order valence-electron chi connectivity index (χ1n) is 9.36. The van der Waals surface area contributed by atoms with E-state index in [-0.39, 0.29) is 0 Å². The highest BCUT2D eigenvalue weighted by atomic mass is 32.2. The van der Waals surface area contributed by atoms with Crippen molar-refractivity contribution in [1.82, 2.24) is 5.32 Å². The first-order valence-corrected chi connectivity index (χ1v) is 10.6. The van der Waals surface area contributed by atoms with Crippen molar-refractivity contribution in [2.45, 2.75) is 5.60 Å². The summed E-state index contributed by atoms with van der Waals surface area (Å²) in [6.07, 6.45) is 2.01. The third-order valence-electron chi connectivity index (χ3n) is 4.63. The molecule has 0 aromatic heterocycles. The molecule has 0 amide bonds. The molecular formula is C24H26N2OS. The highest BCUT2D eigenvalue weighted by Crippen LogP contribution is 2.40. The fourth-order valence-corrected chi connectivity index (χ4v) is 3.80. The largest absolute Gasteiger partial charge is 0.363 e. The summed E-state index contributed by atoms with van der Waals surface area (Å²) in [4.78, 5) is 4.23. The summed E-state index contributed by atoms with van der Waals surface area (Å²) in [7, 11) is 1.79. The fraction of sp³-hybridized carbons (Fsp3) is 0.208. The van der Waals surface area contributed by atoms with Crippen LogP contribution >= 0.6 is 11.8 Å². The molecule has 0 fully saturated rings. The molecule has 0 aliphatic rings. The van der Waals surface area contributed by atoms with Gasteiger partial charge in [0.1, 0.15) is 5.60 Å². The maximum Gasteiger partial charge on any atom is 0.156 e. The number of thioether (sulfide) groups is 1. The van der Waals surface area contributed by atoms with Gasteiger partial charge in [-0.2, -0.15) is 0 Å². The van der Waals surface area contributed by atoms with Crippen LogP contribution in [0.4, 0.5) is 0 Å². The van der Waals surface area contributed by atoms with E-state index in [1.165, 1.54) is 0 Å². The summed E-state index contributed by atoms with van der Waals surface area (Å²) < 4.78 is 6.70. The van der Waals surface area contributed by atoms with Gasteiger partial charge in [0.05, 0.1) is 6.61 Å². The highest BCUT2D eigenvalue weighted by molar-refractivity contribution is 8.13. The molecule has 3 rings (SSSR count). The molecule has 28 heavy (non-hydrogen) atoms. The van der Waals surface area contributed by atoms with Gasteiger partial charge in [0.2, 0.25) is 0 Å². The molecule has 4 heteroatoms. The van der Waals surface area contributed by atoms with Crippen LogP contribution in [0.2, 0.25) is 0 Å². The third kappa shape index (κ3) is 4.46. The average Bonchev–Trinajstić information content (AvgIpc) is 2.78. The summed E-state index contributed by atoms with van der Waals surface area (Å²) in [6.45, 7) is 1.22. The third-order valence-corrected chi connectivity index (χ3v) is 5.35. The quantitative estimate of drug-likeness (QED) is 0.269. The van der Waals surface area contributed by atoms with Crippen molar-refractivity contribution in [1.29, 1.82) is 0 Å². The summed E-state index contributed by atoms with van der Waals surface area (Å²) in [6, 6.07) is 31.3. The Labute approximate surface area is 171 Å². The first-order chi connectivity index (χ1) is 13.8. The van der Waals surface area contributed by atoms with Gasteiger partial charge < -0.3 is 10.1 Å². The van der Waals surface area contributed by atoms with Crippen LogP contribution in [0.25, 0.3) is 0 Å². The maximum absolute atomic E-state index is 6.70. The van der Waals surface area contributed by atoms with Crippen LogP contribution in [-0.4, -0.2) is 31.6 Å². The number of rotatable bonds is 7. The predicted molar refractivity (Wildman–Crippen MR) is 120 cm³/mol. The van der Waals surface area contributed by atoms with Crippen LogP contribution in [0.15, 0.2) is 96.0 Å². The first kappa shape index (κ1) is 20.2. The highest BCUT2D eigenvalue weighted by Gasteiger charge is 2.37. The van der Waals surface area contributed by atoms with E-state index >= 15 is 0 Å². The smallest absolute Gasteiger partial charge is 0.156 e. The Hall–Kier alpha value is -2.56. The van der Waals surface area contributed by atoms with Crippen LogP contribution < -0.4 is 5.32 Å². The lowest BCUT2D eigenvalue weighted by Crippen LogP contribution is -2.36. The van der Waals surface area contributed by atoms with Gasteiger partial charge >= 0.3 is 0 Å². The average molecular weight is 391 g/mol. The lowest BCUT2D eigenvalue weighted by atomic mass is 9.80. The monoisotopic (exact) mass is 390 g/mol. The van der Waals surface area contributed by atoms with Crippen LogP contribution in [0.3, 0.4) is 0 Å². The number of benzene rings is 3. The van der Waals surface area contributed by atoms with Crippen LogP contribution in [0, 0.1) is 0 Å². The fourth-order valence-electron chi connectivity index (χ4n) is 3.37. The summed E-state index contributed by atoms with van der Waals surface area (Å²) in [5.74, 6) is 0. The van der Waals surface area contributed by atoms with Gasteiger partial charge in [0, 0.05) is 13.6 Å². The maximum atomic E-state index is 6.70. The van der Waals surface area contributed by atoms with E-state index in [0.29, 0.717) is 13.2 Å². The van der Waals surface area contributed by atoms with Gasteiger partial charge in [-0.1, -0.05) is 103 Å². The second-order valence-corrected chi connectivity index (χ2v) is 7.08. The van der Waals surface area contributed by atoms with Gasteiger partial charge in [-0.15, -0.1) is 0 Å². The lowest BCUT2D eigenvalue weighted by molar-refractivity contribution is 0.0164. The van der Waals surface area contributed by atoms with E-state index in [1.807, 2.05) is 24.5 Å². The van der Waals surface area contributed by atoms with Crippen molar-refractivity contribution in [3.8, 4) is 0 Å². The SMILES string of the molecule is CN=C(NCCOC(c1ccccc1)(c1ccccc1)c1ccccc1)SC. The van der Waals surface area contributed by atoms with Crippen LogP contribution in [-0.2, 0) is 10.3 Å². The molecule has 3 aromatic carbocycles. The lowest BCUT2D eigenvalue weighted by Gasteiger charge is -2.36. The molecule has 0 atom stereocenters. The summed E-state index contributed by atoms with van der Waals surface area (Å²) in [5.41, 5.74) is 2.67. The van der Waals surface area contributed by atoms with Gasteiger partial charge in [0.25, 0.3) is 0 Å². The number of nitrogens with zero attached hydrogens (tertiary/aromatic N) is 1. The van der Waals surface area contributed by atoms with E-state index in [2.05, 4.69) is 83.1 Å². The molecule has 3 nitrogen and oxygen atoms in total. The zero-order chi connectivity index (χ0) is 19.7. The van der Waals surface area contributed by atoms with Gasteiger partial charge in [-0.25, -0.2) is 0 Å².